The average molecular weight is 451 g/mol. The first-order valence-corrected chi connectivity index (χ1v) is 9.01. The molecule has 80 valence electrons. The molecule has 0 aliphatic heterocycles. The molecule has 0 spiro atoms. The number of halogens is 3. The van der Waals surface area contributed by atoms with Gasteiger partial charge in [0.05, 0.1) is 0 Å². The van der Waals surface area contributed by atoms with E-state index in [1.54, 1.807) is 0 Å². The molecule has 1 aromatic rings. The molecule has 0 bridgehead atoms. The van der Waals surface area contributed by atoms with Gasteiger partial charge in [-0.1, -0.05) is 0 Å². The fourth-order valence-corrected chi connectivity index (χ4v) is 3.32. The van der Waals surface area contributed by atoms with E-state index in [4.69, 9.17) is 19.2 Å². The molecule has 4 nitrogen and oxygen atoms in total. The zero-order chi connectivity index (χ0) is 12.2. The van der Waals surface area contributed by atoms with Crippen LogP contribution in [0.3, 0.4) is 0 Å². The summed E-state index contributed by atoms with van der Waals surface area (Å²) in [5.41, 5.74) is 0. The molecule has 0 saturated carbocycles. The average Bonchev–Trinajstić information content (AvgIpc) is 1.96. The molecule has 0 heterocycles. The van der Waals surface area contributed by atoms with E-state index in [0.717, 1.165) is 4.47 Å². The number of rotatable bonds is 0. The van der Waals surface area contributed by atoms with Crippen LogP contribution in [0.15, 0.2) is 25.6 Å². The van der Waals surface area contributed by atoms with Crippen molar-refractivity contribution in [1.82, 2.24) is 0 Å². The maximum atomic E-state index is 8.88. The molecule has 0 fully saturated rings. The van der Waals surface area contributed by atoms with Gasteiger partial charge in [-0.25, -0.2) is 4.57 Å². The first kappa shape index (κ1) is 17.4. The maximum absolute atomic E-state index is 8.88. The van der Waals surface area contributed by atoms with E-state index in [1.165, 1.54) is 8.60 Å². The van der Waals surface area contributed by atoms with Gasteiger partial charge in [0.15, 0.2) is 0 Å². The Bertz CT molecular complexity index is 363. The van der Waals surface area contributed by atoms with E-state index >= 15 is 0 Å². The van der Waals surface area contributed by atoms with Crippen molar-refractivity contribution < 1.29 is 19.2 Å². The Kier molecular flexibility index (Phi) is 9.00. The van der Waals surface area contributed by atoms with Crippen molar-refractivity contribution in [2.24, 2.45) is 0 Å². The summed E-state index contributed by atoms with van der Waals surface area (Å²) in [5, 5.41) is 0. The molecule has 9 heteroatoms. The van der Waals surface area contributed by atoms with E-state index in [1.807, 2.05) is 0 Å². The number of phosphoric acid groups is 1. The van der Waals surface area contributed by atoms with Gasteiger partial charge in [0.2, 0.25) is 0 Å². The fourth-order valence-electron chi connectivity index (χ4n) is 0.614. The first-order valence-electron chi connectivity index (χ1n) is 3.50. The van der Waals surface area contributed by atoms with Crippen LogP contribution in [-0.2, 0) is 4.57 Å². The summed E-state index contributed by atoms with van der Waals surface area (Å²) in [5.74, 6) is 0. The zero-order valence-corrected chi connectivity index (χ0v) is 16.3. The van der Waals surface area contributed by atoms with Crippen LogP contribution in [0.4, 0.5) is 0 Å². The van der Waals surface area contributed by atoms with Crippen LogP contribution in [0.2, 0.25) is 0 Å². The normalized spacial score (nSPS) is 10.7. The topological polar surface area (TPSA) is 77.8 Å². The SMILES string of the molecule is O=P(O)(O)O.[K][c]1c(Br)cc(Br)cc1Br. The van der Waals surface area contributed by atoms with Gasteiger partial charge >= 0.3 is 130 Å². The predicted molar refractivity (Wildman–Crippen MR) is 69.2 cm³/mol. The molecule has 0 aromatic heterocycles. The van der Waals surface area contributed by atoms with Gasteiger partial charge in [-0.3, -0.25) is 0 Å². The van der Waals surface area contributed by atoms with Crippen LogP contribution >= 0.6 is 55.6 Å². The van der Waals surface area contributed by atoms with Crippen molar-refractivity contribution in [3.05, 3.63) is 25.6 Å². The van der Waals surface area contributed by atoms with Gasteiger partial charge in [0.1, 0.15) is 0 Å². The molecule has 1 aromatic carbocycles. The quantitative estimate of drug-likeness (QED) is 0.416. The number of benzene rings is 1. The van der Waals surface area contributed by atoms with Crippen molar-refractivity contribution in [1.29, 1.82) is 0 Å². The Morgan fingerprint density at radius 1 is 1.07 bits per heavy atom. The Labute approximate surface area is 146 Å². The number of hydrogen-bond acceptors (Lipinski definition) is 1. The molecule has 0 aliphatic carbocycles. The summed E-state index contributed by atoms with van der Waals surface area (Å²) >= 11 is 11.1. The molecule has 0 atom stereocenters. The molecule has 1 rings (SSSR count). The monoisotopic (exact) mass is 448 g/mol. The molecule has 0 amide bonds. The van der Waals surface area contributed by atoms with Gasteiger partial charge in [0.25, 0.3) is 0 Å². The molecule has 0 unspecified atom stereocenters. The molecule has 0 radical (unpaired) electrons. The van der Waals surface area contributed by atoms with Crippen LogP contribution in [0.1, 0.15) is 0 Å². The minimum atomic E-state index is -4.64. The third kappa shape index (κ3) is 10.1. The summed E-state index contributed by atoms with van der Waals surface area (Å²) in [7, 11) is -4.64. The van der Waals surface area contributed by atoms with Crippen LogP contribution in [0.5, 0.6) is 0 Å². The predicted octanol–water partition coefficient (Wildman–Crippen LogP) is 1.84. The van der Waals surface area contributed by atoms with Crippen molar-refractivity contribution in [3.63, 3.8) is 0 Å². The summed E-state index contributed by atoms with van der Waals surface area (Å²) in [6.45, 7) is 0. The third-order valence-electron chi connectivity index (χ3n) is 1.25. The van der Waals surface area contributed by atoms with E-state index in [9.17, 15) is 0 Å². The Morgan fingerprint density at radius 3 is 1.60 bits per heavy atom. The second-order valence-corrected chi connectivity index (χ2v) is 7.72. The Balaban J connectivity index is 0.000000336. The van der Waals surface area contributed by atoms with E-state index in [0.29, 0.717) is 49.0 Å². The molecule has 15 heavy (non-hydrogen) atoms. The zero-order valence-electron chi connectivity index (χ0n) is 7.49. The molecule has 0 aliphatic rings. The molecule has 3 N–H and O–H groups in total. The molecular formula is C6H5Br3KO4P. The fraction of sp³-hybridized carbons (Fsp3) is 0. The summed E-state index contributed by atoms with van der Waals surface area (Å²) < 4.78 is 13.8. The van der Waals surface area contributed by atoms with Gasteiger partial charge in [-0.15, -0.1) is 0 Å². The van der Waals surface area contributed by atoms with E-state index < -0.39 is 7.82 Å². The van der Waals surface area contributed by atoms with Crippen LogP contribution < -0.4 is -0.342 Å². The standard InChI is InChI=1S/C6H2Br3.K.H3O4P/c7-4-1-5(8)3-6(9)2-4;;1-5(2,3)4/h1-2H;;(H3,1,2,3,4). The van der Waals surface area contributed by atoms with Crippen molar-refractivity contribution in [2.75, 3.05) is 0 Å². The molecular weight excluding hydrogens is 446 g/mol. The minimum absolute atomic E-state index is 0.714. The molecule has 0 saturated heterocycles. The Hall–Kier alpha value is 2.41. The van der Waals surface area contributed by atoms with Crippen LogP contribution in [-0.4, -0.2) is 63.6 Å². The van der Waals surface area contributed by atoms with Gasteiger partial charge in [0, 0.05) is 0 Å². The Morgan fingerprint density at radius 2 is 1.33 bits per heavy atom. The van der Waals surface area contributed by atoms with Crippen molar-refractivity contribution in [3.8, 4) is 0 Å². The van der Waals surface area contributed by atoms with Crippen molar-refractivity contribution in [2.45, 2.75) is 0 Å². The summed E-state index contributed by atoms with van der Waals surface area (Å²) in [4.78, 5) is 21.6. The van der Waals surface area contributed by atoms with Gasteiger partial charge in [-0.05, 0) is 0 Å². The van der Waals surface area contributed by atoms with E-state index in [2.05, 4.69) is 59.9 Å². The second kappa shape index (κ2) is 7.76. The second-order valence-electron chi connectivity index (χ2n) is 2.51. The van der Waals surface area contributed by atoms with E-state index in [-0.39, 0.29) is 0 Å². The van der Waals surface area contributed by atoms with Crippen molar-refractivity contribution >= 4 is 104 Å². The number of hydrogen-bond donors (Lipinski definition) is 3. The third-order valence-corrected chi connectivity index (χ3v) is 7.32. The summed E-state index contributed by atoms with van der Waals surface area (Å²) in [6.07, 6.45) is 0. The van der Waals surface area contributed by atoms with Gasteiger partial charge < -0.3 is 14.7 Å². The first-order chi connectivity index (χ1) is 6.61. The van der Waals surface area contributed by atoms with Gasteiger partial charge in [-0.2, -0.15) is 0 Å². The van der Waals surface area contributed by atoms with Crippen LogP contribution in [0, 0.1) is 0 Å². The summed E-state index contributed by atoms with van der Waals surface area (Å²) in [6, 6.07) is 4.15. The van der Waals surface area contributed by atoms with Crippen LogP contribution in [0.25, 0.3) is 0 Å².